The average Bonchev–Trinajstić information content (AvgIpc) is 3.32. The molecule has 0 bridgehead atoms. The summed E-state index contributed by atoms with van der Waals surface area (Å²) in [5.74, 6) is 2.21. The third-order valence-corrected chi connectivity index (χ3v) is 6.57. The molecule has 9 heteroatoms. The van der Waals surface area contributed by atoms with Crippen LogP contribution < -0.4 is 10.6 Å². The Morgan fingerprint density at radius 3 is 2.85 bits per heavy atom. The second-order valence-electron chi connectivity index (χ2n) is 6.84. The van der Waals surface area contributed by atoms with Crippen LogP contribution in [0.5, 0.6) is 0 Å². The lowest BCUT2D eigenvalue weighted by Crippen LogP contribution is -2.54. The molecule has 0 radical (unpaired) electrons. The highest BCUT2D eigenvalue weighted by molar-refractivity contribution is 8.00. The number of carbonyl (C=O) groups is 1. The number of thioether (sulfide) groups is 1. The maximum Gasteiger partial charge on any atom is 0.234 e. The number of aromatic nitrogens is 1. The summed E-state index contributed by atoms with van der Waals surface area (Å²) >= 11 is 3.49. The monoisotopic (exact) mass is 410 g/mol. The van der Waals surface area contributed by atoms with Crippen LogP contribution >= 0.6 is 23.1 Å². The van der Waals surface area contributed by atoms with Crippen molar-refractivity contribution in [2.24, 2.45) is 4.99 Å². The number of piperazine rings is 1. The van der Waals surface area contributed by atoms with Gasteiger partial charge in [0, 0.05) is 62.6 Å². The topological polar surface area (TPSA) is 72.9 Å². The molecule has 0 atom stereocenters. The second kappa shape index (κ2) is 10.9. The molecular formula is C18H30N6OS2. The van der Waals surface area contributed by atoms with Gasteiger partial charge in [-0.25, -0.2) is 4.98 Å². The molecule has 1 aliphatic carbocycles. The molecule has 2 heterocycles. The summed E-state index contributed by atoms with van der Waals surface area (Å²) in [7, 11) is 0. The van der Waals surface area contributed by atoms with Crippen molar-refractivity contribution in [1.82, 2.24) is 25.4 Å². The zero-order chi connectivity index (χ0) is 18.9. The van der Waals surface area contributed by atoms with E-state index in [1.165, 1.54) is 0 Å². The van der Waals surface area contributed by atoms with Gasteiger partial charge >= 0.3 is 0 Å². The number of hydrogen-bond acceptors (Lipinski definition) is 6. The van der Waals surface area contributed by atoms with E-state index in [0.717, 1.165) is 74.6 Å². The quantitative estimate of drug-likeness (QED) is 0.278. The molecule has 0 unspecified atom stereocenters. The Hall–Kier alpha value is -1.32. The van der Waals surface area contributed by atoms with Crippen LogP contribution in [0.15, 0.2) is 20.9 Å². The number of amides is 1. The Morgan fingerprint density at radius 1 is 1.37 bits per heavy atom. The summed E-state index contributed by atoms with van der Waals surface area (Å²) in [4.78, 5) is 25.6. The molecule has 150 valence electrons. The number of nitrogens with one attached hydrogen (secondary N) is 2. The molecular weight excluding hydrogens is 380 g/mol. The van der Waals surface area contributed by atoms with E-state index in [1.54, 1.807) is 23.1 Å². The Morgan fingerprint density at radius 2 is 2.19 bits per heavy atom. The molecule has 2 fully saturated rings. The van der Waals surface area contributed by atoms with Crippen molar-refractivity contribution < 1.29 is 4.79 Å². The summed E-state index contributed by atoms with van der Waals surface area (Å²) in [6, 6.07) is 0.444. The van der Waals surface area contributed by atoms with Gasteiger partial charge in [-0.3, -0.25) is 14.7 Å². The Balaban J connectivity index is 1.36. The minimum absolute atomic E-state index is 0.171. The molecule has 2 aliphatic rings. The Labute approximate surface area is 170 Å². The van der Waals surface area contributed by atoms with E-state index < -0.39 is 0 Å². The Kier molecular flexibility index (Phi) is 8.22. The smallest absolute Gasteiger partial charge is 0.234 e. The highest BCUT2D eigenvalue weighted by Crippen LogP contribution is 2.20. The van der Waals surface area contributed by atoms with Gasteiger partial charge in [0.2, 0.25) is 5.91 Å². The van der Waals surface area contributed by atoms with E-state index in [4.69, 9.17) is 4.99 Å². The number of nitrogens with zero attached hydrogens (tertiary/aromatic N) is 4. The zero-order valence-electron chi connectivity index (χ0n) is 16.0. The number of thiazole rings is 1. The van der Waals surface area contributed by atoms with E-state index in [1.807, 2.05) is 11.6 Å². The second-order valence-corrected chi connectivity index (χ2v) is 9.08. The van der Waals surface area contributed by atoms with Gasteiger partial charge in [0.15, 0.2) is 5.96 Å². The first-order valence-electron chi connectivity index (χ1n) is 9.82. The molecule has 1 aromatic rings. The largest absolute Gasteiger partial charge is 0.357 e. The lowest BCUT2D eigenvalue weighted by Gasteiger charge is -2.36. The zero-order valence-corrected chi connectivity index (χ0v) is 17.7. The van der Waals surface area contributed by atoms with Gasteiger partial charge < -0.3 is 15.5 Å². The molecule has 2 N–H and O–H groups in total. The third-order valence-electron chi connectivity index (χ3n) is 4.52. The minimum Gasteiger partial charge on any atom is -0.357 e. The highest BCUT2D eigenvalue weighted by atomic mass is 32.2. The normalized spacial score (nSPS) is 18.6. The SMILES string of the molecule is CCNC(=NCCCSc1nccs1)N1CCN(CC(=O)NC2CC2)CC1. The maximum atomic E-state index is 12.0. The first-order chi connectivity index (χ1) is 13.2. The number of hydrogen-bond donors (Lipinski definition) is 2. The minimum atomic E-state index is 0.171. The maximum absolute atomic E-state index is 12.0. The van der Waals surface area contributed by atoms with Crippen LogP contribution in [-0.4, -0.2) is 84.3 Å². The summed E-state index contributed by atoms with van der Waals surface area (Å²) < 4.78 is 1.13. The molecule has 1 aromatic heterocycles. The molecule has 7 nitrogen and oxygen atoms in total. The number of rotatable bonds is 9. The highest BCUT2D eigenvalue weighted by Gasteiger charge is 2.25. The fraction of sp³-hybridized carbons (Fsp3) is 0.722. The van der Waals surface area contributed by atoms with E-state index in [9.17, 15) is 4.79 Å². The van der Waals surface area contributed by atoms with Crippen molar-refractivity contribution >= 4 is 35.0 Å². The Bertz CT molecular complexity index is 597. The van der Waals surface area contributed by atoms with Gasteiger partial charge in [0.25, 0.3) is 0 Å². The molecule has 0 aromatic carbocycles. The van der Waals surface area contributed by atoms with Gasteiger partial charge in [-0.1, -0.05) is 11.8 Å². The summed E-state index contributed by atoms with van der Waals surface area (Å²) in [5.41, 5.74) is 0. The van der Waals surface area contributed by atoms with Crippen LogP contribution in [0.3, 0.4) is 0 Å². The number of carbonyl (C=O) groups excluding carboxylic acids is 1. The van der Waals surface area contributed by atoms with E-state index >= 15 is 0 Å². The fourth-order valence-electron chi connectivity index (χ4n) is 2.94. The molecule has 27 heavy (non-hydrogen) atoms. The molecule has 1 saturated carbocycles. The van der Waals surface area contributed by atoms with Gasteiger partial charge in [-0.2, -0.15) is 0 Å². The van der Waals surface area contributed by atoms with Gasteiger partial charge in [-0.05, 0) is 26.2 Å². The molecule has 0 spiro atoms. The van der Waals surface area contributed by atoms with Crippen molar-refractivity contribution in [3.8, 4) is 0 Å². The summed E-state index contributed by atoms with van der Waals surface area (Å²) in [6.45, 7) is 7.96. The van der Waals surface area contributed by atoms with Gasteiger partial charge in [0.1, 0.15) is 4.34 Å². The van der Waals surface area contributed by atoms with E-state index in [2.05, 4.69) is 32.3 Å². The van der Waals surface area contributed by atoms with Crippen LogP contribution in [0.2, 0.25) is 0 Å². The first-order valence-corrected chi connectivity index (χ1v) is 11.7. The van der Waals surface area contributed by atoms with Crippen LogP contribution in [0.1, 0.15) is 26.2 Å². The van der Waals surface area contributed by atoms with Crippen molar-refractivity contribution in [1.29, 1.82) is 0 Å². The van der Waals surface area contributed by atoms with Crippen molar-refractivity contribution in [3.63, 3.8) is 0 Å². The van der Waals surface area contributed by atoms with Crippen LogP contribution in [-0.2, 0) is 4.79 Å². The van der Waals surface area contributed by atoms with E-state index in [-0.39, 0.29) is 5.91 Å². The third kappa shape index (κ3) is 7.31. The van der Waals surface area contributed by atoms with Gasteiger partial charge in [-0.15, -0.1) is 11.3 Å². The predicted molar refractivity (Wildman–Crippen MR) is 113 cm³/mol. The molecule has 1 amide bonds. The predicted octanol–water partition coefficient (Wildman–Crippen LogP) is 1.49. The fourth-order valence-corrected chi connectivity index (χ4v) is 4.57. The van der Waals surface area contributed by atoms with Crippen molar-refractivity contribution in [3.05, 3.63) is 11.6 Å². The molecule has 3 rings (SSSR count). The van der Waals surface area contributed by atoms with Crippen LogP contribution in [0, 0.1) is 0 Å². The standard InChI is InChI=1S/C18H30N6OS2/c1-2-19-17(20-6-3-12-26-18-21-7-13-27-18)24-10-8-23(9-11-24)14-16(25)22-15-4-5-15/h7,13,15H,2-6,8-12,14H2,1H3,(H,19,20)(H,22,25). The molecule has 1 saturated heterocycles. The number of guanidine groups is 1. The number of aliphatic imine (C=N–C) groups is 1. The van der Waals surface area contributed by atoms with Crippen LogP contribution in [0.4, 0.5) is 0 Å². The summed E-state index contributed by atoms with van der Waals surface area (Å²) in [5, 5.41) is 8.49. The lowest BCUT2D eigenvalue weighted by atomic mass is 10.3. The average molecular weight is 411 g/mol. The van der Waals surface area contributed by atoms with Crippen molar-refractivity contribution in [2.45, 2.75) is 36.6 Å². The summed E-state index contributed by atoms with van der Waals surface area (Å²) in [6.07, 6.45) is 5.18. The lowest BCUT2D eigenvalue weighted by molar-refractivity contribution is -0.122. The molecule has 1 aliphatic heterocycles. The first kappa shape index (κ1) is 20.4. The van der Waals surface area contributed by atoms with Crippen LogP contribution in [0.25, 0.3) is 0 Å². The van der Waals surface area contributed by atoms with Crippen molar-refractivity contribution in [2.75, 3.05) is 51.6 Å². The van der Waals surface area contributed by atoms with E-state index in [0.29, 0.717) is 12.6 Å². The van der Waals surface area contributed by atoms with Gasteiger partial charge in [0.05, 0.1) is 6.54 Å².